The van der Waals surface area contributed by atoms with Crippen LogP contribution in [0.4, 0.5) is 5.69 Å². The average Bonchev–Trinajstić information content (AvgIpc) is 2.75. The summed E-state index contributed by atoms with van der Waals surface area (Å²) in [6.45, 7) is 8.43. The van der Waals surface area contributed by atoms with Gasteiger partial charge in [-0.05, 0) is 86.4 Å². The highest BCUT2D eigenvalue weighted by Crippen LogP contribution is 2.31. The Morgan fingerprint density at radius 1 is 1.07 bits per heavy atom. The molecule has 1 fully saturated rings. The van der Waals surface area contributed by atoms with Crippen LogP contribution in [0.5, 0.6) is 0 Å². The molecule has 0 radical (unpaired) electrons. The van der Waals surface area contributed by atoms with Crippen LogP contribution in [0.15, 0.2) is 36.4 Å². The van der Waals surface area contributed by atoms with Gasteiger partial charge in [-0.25, -0.2) is 0 Å². The van der Waals surface area contributed by atoms with Crippen LogP contribution < -0.4 is 10.2 Å². The minimum atomic E-state index is 0. The van der Waals surface area contributed by atoms with E-state index in [4.69, 9.17) is 0 Å². The normalized spacial score (nSPS) is 18.7. The molecule has 0 saturated heterocycles. The minimum absolute atomic E-state index is 0. The Hall–Kier alpha value is -2.80. The van der Waals surface area contributed by atoms with Gasteiger partial charge in [0.2, 0.25) is 0 Å². The van der Waals surface area contributed by atoms with E-state index in [0.717, 1.165) is 42.4 Å². The van der Waals surface area contributed by atoms with Gasteiger partial charge in [-0.1, -0.05) is 26.0 Å². The highest BCUT2D eigenvalue weighted by molar-refractivity contribution is 5.94. The van der Waals surface area contributed by atoms with Gasteiger partial charge in [-0.2, -0.15) is 5.26 Å². The summed E-state index contributed by atoms with van der Waals surface area (Å²) in [7, 11) is 2.15. The van der Waals surface area contributed by atoms with Crippen molar-refractivity contribution in [2.45, 2.75) is 71.4 Å². The standard InChI is InChI=1S/C26H33N3O.H2/c1-17(2)20-6-8-21(9-7-20)26(30)28-23-11-13-24(14-12-23)29(5)25-15-10-22(16-27)18(3)19(25)4;/h6-10,15,17,23-24H,11-14H2,1-5H3,(H,28,30);1H. The lowest BCUT2D eigenvalue weighted by molar-refractivity contribution is 0.0926. The van der Waals surface area contributed by atoms with Gasteiger partial charge < -0.3 is 10.2 Å². The summed E-state index contributed by atoms with van der Waals surface area (Å²) in [6, 6.07) is 14.9. The second-order valence-electron chi connectivity index (χ2n) is 8.86. The molecule has 0 spiro atoms. The summed E-state index contributed by atoms with van der Waals surface area (Å²) < 4.78 is 0. The number of benzene rings is 2. The topological polar surface area (TPSA) is 56.1 Å². The smallest absolute Gasteiger partial charge is 0.251 e. The molecular weight excluding hydrogens is 370 g/mol. The van der Waals surface area contributed by atoms with Crippen molar-refractivity contribution in [2.75, 3.05) is 11.9 Å². The molecule has 2 aromatic rings. The zero-order valence-corrected chi connectivity index (χ0v) is 18.8. The maximum absolute atomic E-state index is 12.6. The Balaban J connectivity index is 0.00000341. The van der Waals surface area contributed by atoms with E-state index in [0.29, 0.717) is 12.0 Å². The van der Waals surface area contributed by atoms with Crippen LogP contribution in [0.2, 0.25) is 0 Å². The Kier molecular flexibility index (Phi) is 6.82. The van der Waals surface area contributed by atoms with Crippen molar-refractivity contribution in [2.24, 2.45) is 0 Å². The van der Waals surface area contributed by atoms with Crippen molar-refractivity contribution >= 4 is 11.6 Å². The lowest BCUT2D eigenvalue weighted by atomic mass is 9.89. The number of hydrogen-bond acceptors (Lipinski definition) is 3. The number of hydrogen-bond donors (Lipinski definition) is 1. The molecule has 0 aliphatic heterocycles. The van der Waals surface area contributed by atoms with Gasteiger partial charge in [0.25, 0.3) is 5.91 Å². The van der Waals surface area contributed by atoms with E-state index in [1.807, 2.05) is 37.3 Å². The van der Waals surface area contributed by atoms with E-state index in [9.17, 15) is 10.1 Å². The van der Waals surface area contributed by atoms with Crippen LogP contribution in [0, 0.1) is 25.2 Å². The molecular formula is C26H35N3O. The first-order chi connectivity index (χ1) is 14.3. The molecule has 4 heteroatoms. The van der Waals surface area contributed by atoms with Gasteiger partial charge in [-0.15, -0.1) is 0 Å². The lowest BCUT2D eigenvalue weighted by Crippen LogP contribution is -2.43. The molecule has 30 heavy (non-hydrogen) atoms. The molecule has 2 aromatic carbocycles. The molecule has 1 N–H and O–H groups in total. The summed E-state index contributed by atoms with van der Waals surface area (Å²) in [5.41, 5.74) is 6.18. The molecule has 0 unspecified atom stereocenters. The summed E-state index contributed by atoms with van der Waals surface area (Å²) in [6.07, 6.45) is 4.07. The van der Waals surface area contributed by atoms with Crippen molar-refractivity contribution in [1.82, 2.24) is 5.32 Å². The number of nitrogens with one attached hydrogen (secondary N) is 1. The highest BCUT2D eigenvalue weighted by atomic mass is 16.1. The number of nitrogens with zero attached hydrogens (tertiary/aromatic N) is 2. The third-order valence-corrected chi connectivity index (χ3v) is 6.68. The summed E-state index contributed by atoms with van der Waals surface area (Å²) in [5.74, 6) is 0.499. The van der Waals surface area contributed by atoms with Crippen molar-refractivity contribution in [3.63, 3.8) is 0 Å². The number of carbonyl (C=O) groups excluding carboxylic acids is 1. The summed E-state index contributed by atoms with van der Waals surface area (Å²) in [4.78, 5) is 15.0. The largest absolute Gasteiger partial charge is 0.371 e. The molecule has 0 bridgehead atoms. The van der Waals surface area contributed by atoms with E-state index in [1.165, 1.54) is 16.8 Å². The summed E-state index contributed by atoms with van der Waals surface area (Å²) >= 11 is 0. The maximum atomic E-state index is 12.6. The Morgan fingerprint density at radius 2 is 1.70 bits per heavy atom. The molecule has 0 heterocycles. The Morgan fingerprint density at radius 3 is 2.27 bits per heavy atom. The quantitative estimate of drug-likeness (QED) is 0.692. The Bertz CT molecular complexity index is 938. The fraction of sp³-hybridized carbons (Fsp3) is 0.462. The number of rotatable bonds is 5. The first-order valence-electron chi connectivity index (χ1n) is 11.0. The van der Waals surface area contributed by atoms with E-state index >= 15 is 0 Å². The monoisotopic (exact) mass is 405 g/mol. The molecule has 1 aliphatic rings. The van der Waals surface area contributed by atoms with Gasteiger partial charge in [-0.3, -0.25) is 4.79 Å². The lowest BCUT2D eigenvalue weighted by Gasteiger charge is -2.37. The molecule has 1 saturated carbocycles. The van der Waals surface area contributed by atoms with E-state index in [-0.39, 0.29) is 13.4 Å². The number of carbonyl (C=O) groups is 1. The van der Waals surface area contributed by atoms with Gasteiger partial charge in [0.15, 0.2) is 0 Å². The predicted molar refractivity (Wildman–Crippen MR) is 125 cm³/mol. The van der Waals surface area contributed by atoms with Crippen LogP contribution in [0.3, 0.4) is 0 Å². The second-order valence-corrected chi connectivity index (χ2v) is 8.86. The van der Waals surface area contributed by atoms with Crippen molar-refractivity contribution in [3.05, 3.63) is 64.2 Å². The third kappa shape index (κ3) is 4.67. The van der Waals surface area contributed by atoms with E-state index < -0.39 is 0 Å². The van der Waals surface area contributed by atoms with Crippen LogP contribution in [-0.2, 0) is 0 Å². The zero-order valence-electron chi connectivity index (χ0n) is 18.8. The van der Waals surface area contributed by atoms with Gasteiger partial charge in [0.05, 0.1) is 11.6 Å². The fourth-order valence-corrected chi connectivity index (χ4v) is 4.40. The van der Waals surface area contributed by atoms with Crippen LogP contribution >= 0.6 is 0 Å². The van der Waals surface area contributed by atoms with E-state index in [1.54, 1.807) is 0 Å². The predicted octanol–water partition coefficient (Wildman–Crippen LogP) is 5.72. The number of anilines is 1. The van der Waals surface area contributed by atoms with Crippen molar-refractivity contribution in [3.8, 4) is 6.07 Å². The first kappa shape index (κ1) is 21.9. The molecule has 0 atom stereocenters. The van der Waals surface area contributed by atoms with Gasteiger partial charge in [0, 0.05) is 31.8 Å². The fourth-order valence-electron chi connectivity index (χ4n) is 4.40. The molecule has 1 aliphatic carbocycles. The highest BCUT2D eigenvalue weighted by Gasteiger charge is 2.26. The average molecular weight is 406 g/mol. The van der Waals surface area contributed by atoms with Gasteiger partial charge in [0.1, 0.15) is 0 Å². The number of nitriles is 1. The number of amides is 1. The van der Waals surface area contributed by atoms with Crippen LogP contribution in [0.1, 0.15) is 79.5 Å². The third-order valence-electron chi connectivity index (χ3n) is 6.68. The SMILES string of the molecule is Cc1c(C#N)ccc(N(C)C2CCC(NC(=O)c3ccc(C(C)C)cc3)CC2)c1C.[HH]. The zero-order chi connectivity index (χ0) is 21.8. The molecule has 1 amide bonds. The molecule has 160 valence electrons. The van der Waals surface area contributed by atoms with E-state index in [2.05, 4.69) is 50.2 Å². The Labute approximate surface area is 182 Å². The van der Waals surface area contributed by atoms with Crippen molar-refractivity contribution < 1.29 is 6.22 Å². The minimum Gasteiger partial charge on any atom is -0.371 e. The van der Waals surface area contributed by atoms with Gasteiger partial charge >= 0.3 is 0 Å². The van der Waals surface area contributed by atoms with Crippen molar-refractivity contribution in [1.29, 1.82) is 5.26 Å². The molecule has 0 aromatic heterocycles. The molecule has 4 nitrogen and oxygen atoms in total. The van der Waals surface area contributed by atoms with Crippen LogP contribution in [-0.4, -0.2) is 25.0 Å². The molecule has 3 rings (SSSR count). The first-order valence-corrected chi connectivity index (χ1v) is 11.0. The maximum Gasteiger partial charge on any atom is 0.251 e. The second kappa shape index (κ2) is 9.34. The van der Waals surface area contributed by atoms with Crippen LogP contribution in [0.25, 0.3) is 0 Å². The summed E-state index contributed by atoms with van der Waals surface area (Å²) in [5, 5.41) is 12.5.